The summed E-state index contributed by atoms with van der Waals surface area (Å²) in [6.07, 6.45) is 6.49. The van der Waals surface area contributed by atoms with Gasteiger partial charge < -0.3 is 15.5 Å². The van der Waals surface area contributed by atoms with Crippen molar-refractivity contribution >= 4 is 17.6 Å². The number of hydrogen-bond acceptors (Lipinski definition) is 3. The van der Waals surface area contributed by atoms with Crippen LogP contribution in [-0.2, 0) is 24.4 Å². The SMILES string of the molecule is CCNC(=NCc1ccc(N2CCCCC2=O)cc1)NCc1ccccc1Cn1cccn1. The van der Waals surface area contributed by atoms with Crippen LogP contribution in [0.5, 0.6) is 0 Å². The molecule has 172 valence electrons. The summed E-state index contributed by atoms with van der Waals surface area (Å²) in [5.74, 6) is 1.00. The van der Waals surface area contributed by atoms with Gasteiger partial charge in [0.2, 0.25) is 5.91 Å². The Morgan fingerprint density at radius 3 is 2.58 bits per heavy atom. The predicted molar refractivity (Wildman–Crippen MR) is 132 cm³/mol. The standard InChI is InChI=1S/C26H32N6O/c1-2-27-26(29-19-22-8-3-4-9-23(22)20-31-16-7-15-30-31)28-18-21-11-13-24(14-12-21)32-17-6-5-10-25(32)33/h3-4,7-9,11-16H,2,5-6,10,17-20H2,1H3,(H2,27,28,29). The second-order valence-electron chi connectivity index (χ2n) is 8.19. The van der Waals surface area contributed by atoms with Crippen molar-refractivity contribution in [2.45, 2.75) is 45.8 Å². The van der Waals surface area contributed by atoms with Crippen LogP contribution in [0.15, 0.2) is 72.0 Å². The lowest BCUT2D eigenvalue weighted by molar-refractivity contribution is -0.119. The van der Waals surface area contributed by atoms with Gasteiger partial charge in [-0.05, 0) is 54.7 Å². The molecule has 1 saturated heterocycles. The summed E-state index contributed by atoms with van der Waals surface area (Å²) in [7, 11) is 0. The maximum atomic E-state index is 12.2. The number of hydrogen-bond donors (Lipinski definition) is 2. The fraction of sp³-hybridized carbons (Fsp3) is 0.346. The first-order valence-corrected chi connectivity index (χ1v) is 11.7. The van der Waals surface area contributed by atoms with Crippen molar-refractivity contribution in [3.05, 3.63) is 83.7 Å². The summed E-state index contributed by atoms with van der Waals surface area (Å²) >= 11 is 0. The van der Waals surface area contributed by atoms with Gasteiger partial charge in [-0.2, -0.15) is 5.10 Å². The molecule has 2 heterocycles. The maximum Gasteiger partial charge on any atom is 0.226 e. The molecule has 1 amide bonds. The molecule has 0 saturated carbocycles. The van der Waals surface area contributed by atoms with E-state index in [1.54, 1.807) is 6.20 Å². The van der Waals surface area contributed by atoms with Crippen LogP contribution in [0.4, 0.5) is 5.69 Å². The van der Waals surface area contributed by atoms with Crippen LogP contribution in [0.2, 0.25) is 0 Å². The first-order valence-electron chi connectivity index (χ1n) is 11.7. The summed E-state index contributed by atoms with van der Waals surface area (Å²) in [6, 6.07) is 18.5. The molecule has 1 fully saturated rings. The summed E-state index contributed by atoms with van der Waals surface area (Å²) in [5.41, 5.74) is 4.53. The smallest absolute Gasteiger partial charge is 0.226 e. The van der Waals surface area contributed by atoms with Crippen LogP contribution in [-0.4, -0.2) is 34.7 Å². The molecule has 2 N–H and O–H groups in total. The molecule has 0 aliphatic carbocycles. The molecule has 2 aromatic carbocycles. The largest absolute Gasteiger partial charge is 0.357 e. The van der Waals surface area contributed by atoms with Gasteiger partial charge in [0.25, 0.3) is 0 Å². The third-order valence-corrected chi connectivity index (χ3v) is 5.79. The normalized spacial score (nSPS) is 14.4. The molecule has 0 unspecified atom stereocenters. The second-order valence-corrected chi connectivity index (χ2v) is 8.19. The number of aromatic nitrogens is 2. The number of piperidine rings is 1. The van der Waals surface area contributed by atoms with Gasteiger partial charge in [-0.1, -0.05) is 36.4 Å². The van der Waals surface area contributed by atoms with Gasteiger partial charge in [0.1, 0.15) is 0 Å². The monoisotopic (exact) mass is 444 g/mol. The summed E-state index contributed by atoms with van der Waals surface area (Å²) in [4.78, 5) is 18.8. The zero-order chi connectivity index (χ0) is 22.9. The van der Waals surface area contributed by atoms with Gasteiger partial charge in [-0.15, -0.1) is 0 Å². The Balaban J connectivity index is 1.38. The molecule has 0 spiro atoms. The Morgan fingerprint density at radius 2 is 1.85 bits per heavy atom. The Kier molecular flexibility index (Phi) is 7.74. The number of rotatable bonds is 8. The lowest BCUT2D eigenvalue weighted by Gasteiger charge is -2.26. The van der Waals surface area contributed by atoms with E-state index >= 15 is 0 Å². The van der Waals surface area contributed by atoms with Crippen molar-refractivity contribution in [1.29, 1.82) is 0 Å². The summed E-state index contributed by atoms with van der Waals surface area (Å²) < 4.78 is 1.93. The molecule has 3 aromatic rings. The fourth-order valence-electron chi connectivity index (χ4n) is 4.00. The van der Waals surface area contributed by atoms with E-state index in [2.05, 4.69) is 59.1 Å². The van der Waals surface area contributed by atoms with Gasteiger partial charge in [0.15, 0.2) is 5.96 Å². The average Bonchev–Trinajstić information content (AvgIpc) is 3.36. The first kappa shape index (κ1) is 22.6. The molecule has 0 bridgehead atoms. The minimum Gasteiger partial charge on any atom is -0.357 e. The van der Waals surface area contributed by atoms with E-state index in [9.17, 15) is 4.79 Å². The van der Waals surface area contributed by atoms with E-state index in [0.717, 1.165) is 49.7 Å². The zero-order valence-electron chi connectivity index (χ0n) is 19.2. The minimum atomic E-state index is 0.221. The highest BCUT2D eigenvalue weighted by Gasteiger charge is 2.19. The van der Waals surface area contributed by atoms with E-state index < -0.39 is 0 Å². The first-order chi connectivity index (χ1) is 16.2. The van der Waals surface area contributed by atoms with E-state index in [1.807, 2.05) is 34.0 Å². The molecule has 1 aliphatic heterocycles. The van der Waals surface area contributed by atoms with Crippen molar-refractivity contribution in [2.24, 2.45) is 4.99 Å². The third kappa shape index (κ3) is 6.22. The Labute approximate surface area is 195 Å². The number of guanidine groups is 1. The van der Waals surface area contributed by atoms with Crippen LogP contribution in [0.1, 0.15) is 42.9 Å². The topological polar surface area (TPSA) is 74.6 Å². The Bertz CT molecular complexity index is 1060. The minimum absolute atomic E-state index is 0.221. The van der Waals surface area contributed by atoms with Gasteiger partial charge in [-0.25, -0.2) is 4.99 Å². The molecule has 33 heavy (non-hydrogen) atoms. The molecule has 0 radical (unpaired) electrons. The highest BCUT2D eigenvalue weighted by atomic mass is 16.2. The van der Waals surface area contributed by atoms with E-state index in [4.69, 9.17) is 4.99 Å². The summed E-state index contributed by atoms with van der Waals surface area (Å²) in [5, 5.41) is 11.1. The lowest BCUT2D eigenvalue weighted by atomic mass is 10.1. The highest BCUT2D eigenvalue weighted by Crippen LogP contribution is 2.21. The number of anilines is 1. The number of aliphatic imine (C=N–C) groups is 1. The maximum absolute atomic E-state index is 12.2. The van der Waals surface area contributed by atoms with Crippen LogP contribution in [0.3, 0.4) is 0 Å². The zero-order valence-corrected chi connectivity index (χ0v) is 19.2. The molecular weight excluding hydrogens is 412 g/mol. The molecule has 4 rings (SSSR count). The number of carbonyl (C=O) groups is 1. The molecular formula is C26H32N6O. The Morgan fingerprint density at radius 1 is 1.03 bits per heavy atom. The predicted octanol–water partition coefficient (Wildman–Crippen LogP) is 3.70. The van der Waals surface area contributed by atoms with Crippen molar-refractivity contribution < 1.29 is 4.79 Å². The quantitative estimate of drug-likeness (QED) is 0.410. The number of carbonyl (C=O) groups excluding carboxylic acids is 1. The van der Waals surface area contributed by atoms with Crippen molar-refractivity contribution in [2.75, 3.05) is 18.0 Å². The van der Waals surface area contributed by atoms with Gasteiger partial charge in [0.05, 0.1) is 13.1 Å². The van der Waals surface area contributed by atoms with Crippen LogP contribution < -0.4 is 15.5 Å². The van der Waals surface area contributed by atoms with Crippen LogP contribution in [0.25, 0.3) is 0 Å². The van der Waals surface area contributed by atoms with E-state index in [1.165, 1.54) is 11.1 Å². The fourth-order valence-corrected chi connectivity index (χ4v) is 4.00. The number of nitrogens with one attached hydrogen (secondary N) is 2. The van der Waals surface area contributed by atoms with Gasteiger partial charge in [-0.3, -0.25) is 9.48 Å². The lowest BCUT2D eigenvalue weighted by Crippen LogP contribution is -2.37. The van der Waals surface area contributed by atoms with Gasteiger partial charge in [0, 0.05) is 44.1 Å². The molecule has 1 aromatic heterocycles. The van der Waals surface area contributed by atoms with Crippen molar-refractivity contribution in [3.8, 4) is 0 Å². The number of nitrogens with zero attached hydrogens (tertiary/aromatic N) is 4. The molecule has 0 atom stereocenters. The van der Waals surface area contributed by atoms with E-state index in [-0.39, 0.29) is 5.91 Å². The van der Waals surface area contributed by atoms with Gasteiger partial charge >= 0.3 is 0 Å². The van der Waals surface area contributed by atoms with Crippen molar-refractivity contribution in [3.63, 3.8) is 0 Å². The molecule has 7 nitrogen and oxygen atoms in total. The van der Waals surface area contributed by atoms with Crippen LogP contribution in [0, 0.1) is 0 Å². The Hall–Kier alpha value is -3.61. The number of amides is 1. The molecule has 1 aliphatic rings. The summed E-state index contributed by atoms with van der Waals surface area (Å²) in [6.45, 7) is 5.65. The third-order valence-electron chi connectivity index (χ3n) is 5.79. The average molecular weight is 445 g/mol. The highest BCUT2D eigenvalue weighted by molar-refractivity contribution is 5.93. The van der Waals surface area contributed by atoms with Crippen molar-refractivity contribution in [1.82, 2.24) is 20.4 Å². The number of benzene rings is 2. The second kappa shape index (κ2) is 11.3. The van der Waals surface area contributed by atoms with Crippen LogP contribution >= 0.6 is 0 Å². The molecule has 7 heteroatoms. The van der Waals surface area contributed by atoms with E-state index in [0.29, 0.717) is 19.5 Å².